The Bertz CT molecular complexity index is 222. The second kappa shape index (κ2) is 6.21. The Labute approximate surface area is 99.0 Å². The molecular formula is C12H25N3O. The molecule has 1 fully saturated rings. The lowest BCUT2D eigenvalue weighted by Gasteiger charge is -2.33. The molecule has 1 amide bonds. The fourth-order valence-electron chi connectivity index (χ4n) is 1.97. The molecule has 0 spiro atoms. The highest BCUT2D eigenvalue weighted by Gasteiger charge is 2.21. The van der Waals surface area contributed by atoms with Gasteiger partial charge in [0.2, 0.25) is 5.91 Å². The molecule has 1 aliphatic heterocycles. The van der Waals surface area contributed by atoms with Crippen LogP contribution in [0.2, 0.25) is 0 Å². The van der Waals surface area contributed by atoms with E-state index in [1.807, 2.05) is 32.8 Å². The lowest BCUT2D eigenvalue weighted by atomic mass is 10.1. The van der Waals surface area contributed by atoms with E-state index in [0.717, 1.165) is 25.9 Å². The van der Waals surface area contributed by atoms with Gasteiger partial charge in [0.05, 0.1) is 6.54 Å². The van der Waals surface area contributed by atoms with E-state index in [4.69, 9.17) is 0 Å². The molecule has 16 heavy (non-hydrogen) atoms. The highest BCUT2D eigenvalue weighted by atomic mass is 16.2. The minimum absolute atomic E-state index is 0.234. The number of carbonyl (C=O) groups is 1. The number of carbonyl (C=O) groups excluding carboxylic acids is 1. The van der Waals surface area contributed by atoms with Gasteiger partial charge in [-0.15, -0.1) is 0 Å². The first-order chi connectivity index (χ1) is 7.54. The monoisotopic (exact) mass is 227 g/mol. The van der Waals surface area contributed by atoms with Crippen molar-refractivity contribution in [3.63, 3.8) is 0 Å². The molecule has 1 heterocycles. The van der Waals surface area contributed by atoms with Crippen molar-refractivity contribution in [2.24, 2.45) is 0 Å². The molecule has 0 bridgehead atoms. The van der Waals surface area contributed by atoms with Crippen LogP contribution in [0, 0.1) is 0 Å². The minimum atomic E-state index is 0.234. The quantitative estimate of drug-likeness (QED) is 0.761. The largest absolute Gasteiger partial charge is 0.342 e. The first kappa shape index (κ1) is 13.5. The van der Waals surface area contributed by atoms with Crippen LogP contribution in [0.15, 0.2) is 0 Å². The van der Waals surface area contributed by atoms with Gasteiger partial charge in [0.15, 0.2) is 0 Å². The molecule has 0 atom stereocenters. The summed E-state index contributed by atoms with van der Waals surface area (Å²) in [6, 6.07) is 0.927. The van der Waals surface area contributed by atoms with Gasteiger partial charge in [-0.1, -0.05) is 0 Å². The van der Waals surface area contributed by atoms with Crippen molar-refractivity contribution in [3.8, 4) is 0 Å². The van der Waals surface area contributed by atoms with Gasteiger partial charge in [-0.25, -0.2) is 0 Å². The lowest BCUT2D eigenvalue weighted by molar-refractivity contribution is -0.132. The van der Waals surface area contributed by atoms with E-state index in [9.17, 15) is 4.79 Å². The highest BCUT2D eigenvalue weighted by molar-refractivity contribution is 5.78. The molecule has 4 nitrogen and oxygen atoms in total. The fraction of sp³-hybridized carbons (Fsp3) is 0.917. The number of amides is 1. The van der Waals surface area contributed by atoms with Crippen LogP contribution in [0.25, 0.3) is 0 Å². The molecule has 94 valence electrons. The fourth-order valence-corrected chi connectivity index (χ4v) is 1.97. The Kier molecular flexibility index (Phi) is 5.22. The van der Waals surface area contributed by atoms with E-state index >= 15 is 0 Å². The number of likely N-dealkylation sites (tertiary alicyclic amines) is 1. The molecule has 1 rings (SSSR count). The summed E-state index contributed by atoms with van der Waals surface area (Å²) in [6.45, 7) is 6.73. The summed E-state index contributed by atoms with van der Waals surface area (Å²) in [4.78, 5) is 16.0. The van der Waals surface area contributed by atoms with Gasteiger partial charge < -0.3 is 10.2 Å². The second-order valence-electron chi connectivity index (χ2n) is 4.94. The Morgan fingerprint density at radius 3 is 2.44 bits per heavy atom. The summed E-state index contributed by atoms with van der Waals surface area (Å²) in [5.74, 6) is 0.234. The number of rotatable bonds is 4. The summed E-state index contributed by atoms with van der Waals surface area (Å²) in [5, 5.41) is 3.30. The molecule has 1 N–H and O–H groups in total. The number of piperidine rings is 1. The summed E-state index contributed by atoms with van der Waals surface area (Å²) < 4.78 is 0. The van der Waals surface area contributed by atoms with Gasteiger partial charge in [-0.2, -0.15) is 0 Å². The standard InChI is InChI=1S/C12H25N3O/c1-10(2)14(4)12(16)9-15-7-5-11(13-3)6-8-15/h10-11,13H,5-9H2,1-4H3. The maximum absolute atomic E-state index is 11.9. The van der Waals surface area contributed by atoms with Crippen LogP contribution in [-0.2, 0) is 4.79 Å². The zero-order valence-electron chi connectivity index (χ0n) is 11.0. The molecule has 0 aliphatic carbocycles. The molecule has 0 saturated carbocycles. The number of nitrogens with zero attached hydrogens (tertiary/aromatic N) is 2. The van der Waals surface area contributed by atoms with Crippen LogP contribution in [0.1, 0.15) is 26.7 Å². The molecular weight excluding hydrogens is 202 g/mol. The van der Waals surface area contributed by atoms with E-state index in [1.54, 1.807) is 0 Å². The summed E-state index contributed by atoms with van der Waals surface area (Å²) in [5.41, 5.74) is 0. The normalized spacial score (nSPS) is 19.1. The smallest absolute Gasteiger partial charge is 0.236 e. The van der Waals surface area contributed by atoms with Crippen molar-refractivity contribution in [1.29, 1.82) is 0 Å². The molecule has 0 aromatic carbocycles. The summed E-state index contributed by atoms with van der Waals surface area (Å²) >= 11 is 0. The average Bonchev–Trinajstić information content (AvgIpc) is 2.28. The Morgan fingerprint density at radius 2 is 2.00 bits per heavy atom. The third kappa shape index (κ3) is 3.76. The minimum Gasteiger partial charge on any atom is -0.342 e. The highest BCUT2D eigenvalue weighted by Crippen LogP contribution is 2.10. The molecule has 1 aliphatic rings. The predicted octanol–water partition coefficient (Wildman–Crippen LogP) is 0.537. The first-order valence-corrected chi connectivity index (χ1v) is 6.20. The second-order valence-corrected chi connectivity index (χ2v) is 4.94. The van der Waals surface area contributed by atoms with Crippen LogP contribution >= 0.6 is 0 Å². The van der Waals surface area contributed by atoms with Gasteiger partial charge in [0.1, 0.15) is 0 Å². The first-order valence-electron chi connectivity index (χ1n) is 6.20. The SMILES string of the molecule is CNC1CCN(CC(=O)N(C)C(C)C)CC1. The maximum atomic E-state index is 11.9. The van der Waals surface area contributed by atoms with Gasteiger partial charge >= 0.3 is 0 Å². The van der Waals surface area contributed by atoms with Gasteiger partial charge in [0.25, 0.3) is 0 Å². The zero-order chi connectivity index (χ0) is 12.1. The number of likely N-dealkylation sites (N-methyl/N-ethyl adjacent to an activating group) is 1. The molecule has 0 aromatic heterocycles. The van der Waals surface area contributed by atoms with Gasteiger partial charge in [0, 0.05) is 32.2 Å². The summed E-state index contributed by atoms with van der Waals surface area (Å²) in [7, 11) is 3.89. The Hall–Kier alpha value is -0.610. The zero-order valence-corrected chi connectivity index (χ0v) is 11.0. The van der Waals surface area contributed by atoms with Crippen molar-refractivity contribution in [2.75, 3.05) is 33.7 Å². The van der Waals surface area contributed by atoms with Crippen LogP contribution in [0.4, 0.5) is 0 Å². The summed E-state index contributed by atoms with van der Waals surface area (Å²) in [6.07, 6.45) is 2.30. The van der Waals surface area contributed by atoms with Crippen LogP contribution < -0.4 is 5.32 Å². The van der Waals surface area contributed by atoms with Gasteiger partial charge in [-0.05, 0) is 33.7 Å². The van der Waals surface area contributed by atoms with Crippen LogP contribution in [0.3, 0.4) is 0 Å². The molecule has 0 radical (unpaired) electrons. The molecule has 1 saturated heterocycles. The van der Waals surface area contributed by atoms with Crippen LogP contribution in [-0.4, -0.2) is 61.5 Å². The van der Waals surface area contributed by atoms with Crippen molar-refractivity contribution >= 4 is 5.91 Å². The van der Waals surface area contributed by atoms with E-state index in [2.05, 4.69) is 10.2 Å². The Balaban J connectivity index is 2.31. The van der Waals surface area contributed by atoms with Crippen molar-refractivity contribution in [1.82, 2.24) is 15.1 Å². The molecule has 4 heteroatoms. The number of hydrogen-bond donors (Lipinski definition) is 1. The maximum Gasteiger partial charge on any atom is 0.236 e. The van der Waals surface area contributed by atoms with Crippen molar-refractivity contribution < 1.29 is 4.79 Å². The van der Waals surface area contributed by atoms with Gasteiger partial charge in [-0.3, -0.25) is 9.69 Å². The number of hydrogen-bond acceptors (Lipinski definition) is 3. The van der Waals surface area contributed by atoms with Crippen molar-refractivity contribution in [3.05, 3.63) is 0 Å². The third-order valence-electron chi connectivity index (χ3n) is 3.52. The number of nitrogens with one attached hydrogen (secondary N) is 1. The Morgan fingerprint density at radius 1 is 1.44 bits per heavy atom. The average molecular weight is 227 g/mol. The van der Waals surface area contributed by atoms with Crippen LogP contribution in [0.5, 0.6) is 0 Å². The predicted molar refractivity (Wildman–Crippen MR) is 66.4 cm³/mol. The third-order valence-corrected chi connectivity index (χ3v) is 3.52. The van der Waals surface area contributed by atoms with E-state index < -0.39 is 0 Å². The lowest BCUT2D eigenvalue weighted by Crippen LogP contribution is -2.46. The topological polar surface area (TPSA) is 35.6 Å². The molecule has 0 aromatic rings. The van der Waals surface area contributed by atoms with Crippen molar-refractivity contribution in [2.45, 2.75) is 38.8 Å². The van der Waals surface area contributed by atoms with E-state index in [1.165, 1.54) is 0 Å². The van der Waals surface area contributed by atoms with E-state index in [-0.39, 0.29) is 5.91 Å². The van der Waals surface area contributed by atoms with E-state index in [0.29, 0.717) is 18.6 Å². The molecule has 0 unspecified atom stereocenters.